The van der Waals surface area contributed by atoms with Gasteiger partial charge in [0.1, 0.15) is 0 Å². The first kappa shape index (κ1) is 4.22. The van der Waals surface area contributed by atoms with Crippen LogP contribution in [0.1, 0.15) is 0 Å². The van der Waals surface area contributed by atoms with E-state index in [9.17, 15) is 0 Å². The third-order valence-corrected chi connectivity index (χ3v) is 1.64. The van der Waals surface area contributed by atoms with Crippen molar-refractivity contribution in [3.8, 4) is 0 Å². The molecule has 2 heteroatoms. The Balaban J connectivity index is 2.38. The molecule has 1 aliphatic heterocycles. The van der Waals surface area contributed by atoms with Gasteiger partial charge >= 0.3 is 0 Å². The minimum Gasteiger partial charge on any atom is -0.324 e. The molecule has 1 rings (SSSR count). The van der Waals surface area contributed by atoms with Gasteiger partial charge in [-0.3, -0.25) is 0 Å². The highest BCUT2D eigenvalue weighted by molar-refractivity contribution is 8.02. The van der Waals surface area contributed by atoms with Crippen LogP contribution in [0.3, 0.4) is 0 Å². The Hall–Kier alpha value is 0.0500. The van der Waals surface area contributed by atoms with Gasteiger partial charge in [-0.25, -0.2) is 0 Å². The lowest BCUT2D eigenvalue weighted by Gasteiger charge is -1.89. The molecular formula is C4H7NS. The number of thioether (sulfide) groups is 1. The molecule has 0 amide bonds. The van der Waals surface area contributed by atoms with Crippen LogP contribution in [-0.4, -0.2) is 11.8 Å². The second kappa shape index (κ2) is 1.67. The molecule has 1 nitrogen and oxygen atoms in total. The molecule has 0 aromatic carbocycles. The van der Waals surface area contributed by atoms with Crippen molar-refractivity contribution in [1.29, 1.82) is 0 Å². The maximum Gasteiger partial charge on any atom is 0.0327 e. The predicted octanol–water partition coefficient (Wildman–Crippen LogP) is 0.574. The molecule has 0 saturated carbocycles. The van der Waals surface area contributed by atoms with Crippen LogP contribution in [0.5, 0.6) is 0 Å². The van der Waals surface area contributed by atoms with Crippen LogP contribution >= 0.6 is 11.8 Å². The fraction of sp³-hybridized carbons (Fsp3) is 0.500. The molecule has 0 fully saturated rings. The number of nitrogens with two attached hydrogens (primary N) is 1. The molecule has 2 N–H and O–H groups in total. The molecule has 0 bridgehead atoms. The van der Waals surface area contributed by atoms with E-state index in [4.69, 9.17) is 5.73 Å². The SMILES string of the molecule is N[C@H]1C=CSC1. The summed E-state index contributed by atoms with van der Waals surface area (Å²) >= 11 is 1.78. The zero-order valence-electron chi connectivity index (χ0n) is 3.42. The normalized spacial score (nSPS) is 31.8. The van der Waals surface area contributed by atoms with E-state index >= 15 is 0 Å². The second-order valence-electron chi connectivity index (χ2n) is 1.33. The van der Waals surface area contributed by atoms with E-state index in [0.717, 1.165) is 5.75 Å². The predicted molar refractivity (Wildman–Crippen MR) is 29.6 cm³/mol. The molecule has 0 spiro atoms. The van der Waals surface area contributed by atoms with Gasteiger partial charge in [0.15, 0.2) is 0 Å². The summed E-state index contributed by atoms with van der Waals surface area (Å²) in [6.07, 6.45) is 2.02. The van der Waals surface area contributed by atoms with Crippen molar-refractivity contribution in [1.82, 2.24) is 0 Å². The average molecular weight is 101 g/mol. The van der Waals surface area contributed by atoms with Crippen molar-refractivity contribution in [2.45, 2.75) is 6.04 Å². The third-order valence-electron chi connectivity index (χ3n) is 0.711. The Kier molecular flexibility index (Phi) is 1.17. The summed E-state index contributed by atoms with van der Waals surface area (Å²) in [6.45, 7) is 0. The Morgan fingerprint density at radius 3 is 2.83 bits per heavy atom. The van der Waals surface area contributed by atoms with E-state index < -0.39 is 0 Å². The van der Waals surface area contributed by atoms with Gasteiger partial charge in [0.05, 0.1) is 0 Å². The molecule has 0 aliphatic carbocycles. The third kappa shape index (κ3) is 0.758. The van der Waals surface area contributed by atoms with Crippen molar-refractivity contribution in [3.63, 3.8) is 0 Å². The molecule has 34 valence electrons. The Morgan fingerprint density at radius 1 is 1.83 bits per heavy atom. The summed E-state index contributed by atoms with van der Waals surface area (Å²) in [6, 6.07) is 0.329. The number of hydrogen-bond acceptors (Lipinski definition) is 2. The van der Waals surface area contributed by atoms with Gasteiger partial charge in [-0.2, -0.15) is 0 Å². The summed E-state index contributed by atoms with van der Waals surface area (Å²) in [5.41, 5.74) is 5.43. The maximum absolute atomic E-state index is 5.43. The fourth-order valence-electron chi connectivity index (χ4n) is 0.379. The quantitative estimate of drug-likeness (QED) is 0.483. The summed E-state index contributed by atoms with van der Waals surface area (Å²) in [7, 11) is 0. The lowest BCUT2D eigenvalue weighted by Crippen LogP contribution is -2.15. The van der Waals surface area contributed by atoms with Crippen LogP contribution in [0.4, 0.5) is 0 Å². The Labute approximate surface area is 41.6 Å². The molecule has 6 heavy (non-hydrogen) atoms. The van der Waals surface area contributed by atoms with Gasteiger partial charge in [0, 0.05) is 11.8 Å². The minimum atomic E-state index is 0.329. The lowest BCUT2D eigenvalue weighted by molar-refractivity contribution is 0.955. The van der Waals surface area contributed by atoms with Crippen molar-refractivity contribution in [2.75, 3.05) is 5.75 Å². The van der Waals surface area contributed by atoms with Crippen LogP contribution in [0, 0.1) is 0 Å². The smallest absolute Gasteiger partial charge is 0.0327 e. The average Bonchev–Trinajstić information content (AvgIpc) is 1.86. The first-order chi connectivity index (χ1) is 2.89. The van der Waals surface area contributed by atoms with E-state index in [1.54, 1.807) is 11.8 Å². The summed E-state index contributed by atoms with van der Waals surface area (Å²) in [4.78, 5) is 0. The van der Waals surface area contributed by atoms with Crippen LogP contribution in [0.15, 0.2) is 11.5 Å². The molecule has 0 saturated heterocycles. The first-order valence-electron chi connectivity index (χ1n) is 1.93. The van der Waals surface area contributed by atoms with Crippen molar-refractivity contribution in [2.24, 2.45) is 5.73 Å². The number of hydrogen-bond donors (Lipinski definition) is 1. The van der Waals surface area contributed by atoms with E-state index in [1.807, 2.05) is 11.5 Å². The van der Waals surface area contributed by atoms with Gasteiger partial charge in [0.2, 0.25) is 0 Å². The molecule has 0 radical (unpaired) electrons. The maximum atomic E-state index is 5.43. The topological polar surface area (TPSA) is 26.0 Å². The molecule has 0 unspecified atom stereocenters. The van der Waals surface area contributed by atoms with Crippen LogP contribution in [0.25, 0.3) is 0 Å². The standard InChI is InChI=1S/C4H7NS/c5-4-1-2-6-3-4/h1-2,4H,3,5H2/t4-/m0/s1. The van der Waals surface area contributed by atoms with Crippen molar-refractivity contribution < 1.29 is 0 Å². The van der Waals surface area contributed by atoms with E-state index in [-0.39, 0.29) is 0 Å². The molecule has 1 heterocycles. The zero-order chi connectivity index (χ0) is 4.41. The highest BCUT2D eigenvalue weighted by Crippen LogP contribution is 2.11. The van der Waals surface area contributed by atoms with Gasteiger partial charge in [-0.1, -0.05) is 6.08 Å². The van der Waals surface area contributed by atoms with Gasteiger partial charge in [-0.15, -0.1) is 11.8 Å². The molecule has 1 aliphatic rings. The number of rotatable bonds is 0. The zero-order valence-corrected chi connectivity index (χ0v) is 4.24. The van der Waals surface area contributed by atoms with Gasteiger partial charge in [0.25, 0.3) is 0 Å². The fourth-order valence-corrected chi connectivity index (χ4v) is 1.14. The highest BCUT2D eigenvalue weighted by Gasteiger charge is 1.99. The second-order valence-corrected chi connectivity index (χ2v) is 2.26. The largest absolute Gasteiger partial charge is 0.324 e. The van der Waals surface area contributed by atoms with Gasteiger partial charge in [-0.05, 0) is 5.41 Å². The Morgan fingerprint density at radius 2 is 2.67 bits per heavy atom. The molecule has 0 aromatic heterocycles. The van der Waals surface area contributed by atoms with Gasteiger partial charge < -0.3 is 5.73 Å². The van der Waals surface area contributed by atoms with E-state index in [1.165, 1.54) is 0 Å². The first-order valence-corrected chi connectivity index (χ1v) is 2.98. The van der Waals surface area contributed by atoms with E-state index in [0.29, 0.717) is 6.04 Å². The Bertz CT molecular complexity index is 69.9. The lowest BCUT2D eigenvalue weighted by atomic mass is 10.4. The van der Waals surface area contributed by atoms with Crippen molar-refractivity contribution >= 4 is 11.8 Å². The summed E-state index contributed by atoms with van der Waals surface area (Å²) in [5, 5.41) is 2.05. The molecule has 0 aromatic rings. The highest BCUT2D eigenvalue weighted by atomic mass is 32.2. The van der Waals surface area contributed by atoms with Crippen LogP contribution in [-0.2, 0) is 0 Å². The minimum absolute atomic E-state index is 0.329. The van der Waals surface area contributed by atoms with E-state index in [2.05, 4.69) is 0 Å². The monoisotopic (exact) mass is 101 g/mol. The molecule has 1 atom stereocenters. The van der Waals surface area contributed by atoms with Crippen LogP contribution < -0.4 is 5.73 Å². The van der Waals surface area contributed by atoms with Crippen LogP contribution in [0.2, 0.25) is 0 Å². The molecular weight excluding hydrogens is 94.1 g/mol. The summed E-state index contributed by atoms with van der Waals surface area (Å²) in [5.74, 6) is 1.07. The summed E-state index contributed by atoms with van der Waals surface area (Å²) < 4.78 is 0. The van der Waals surface area contributed by atoms with Crippen molar-refractivity contribution in [3.05, 3.63) is 11.5 Å².